The quantitative estimate of drug-likeness (QED) is 0.363. The normalized spacial score (nSPS) is 10.6. The molecule has 0 saturated heterocycles. The second-order valence-corrected chi connectivity index (χ2v) is 5.74. The molecule has 0 N–H and O–H groups in total. The Morgan fingerprint density at radius 3 is 2.54 bits per heavy atom. The molecule has 0 atom stereocenters. The van der Waals surface area contributed by atoms with Crippen LogP contribution in [-0.4, -0.2) is 4.57 Å². The Hall–Kier alpha value is -1.77. The first kappa shape index (κ1) is 17.1. The molecular weight excluding hydrogens is 369 g/mol. The van der Waals surface area contributed by atoms with Gasteiger partial charge in [0.25, 0.3) is 0 Å². The molecule has 0 spiro atoms. The first-order valence-electron chi connectivity index (χ1n) is 7.70. The Morgan fingerprint density at radius 1 is 0.958 bits per heavy atom. The van der Waals surface area contributed by atoms with Crippen LogP contribution in [0, 0.1) is 19.2 Å². The summed E-state index contributed by atoms with van der Waals surface area (Å²) in [4.78, 5) is 0. The summed E-state index contributed by atoms with van der Waals surface area (Å²) >= 11 is 0. The van der Waals surface area contributed by atoms with E-state index in [4.69, 9.17) is 0 Å². The number of hydrogen-bond acceptors (Lipinski definition) is 0. The summed E-state index contributed by atoms with van der Waals surface area (Å²) in [7, 11) is 2.06. The molecule has 4 rings (SSSR count). The van der Waals surface area contributed by atoms with E-state index in [1.54, 1.807) is 0 Å². The summed E-state index contributed by atoms with van der Waals surface area (Å²) in [5.41, 5.74) is 3.49. The molecule has 1 aromatic heterocycles. The molecule has 0 fully saturated rings. The molecule has 3 heteroatoms. The van der Waals surface area contributed by atoms with Gasteiger partial charge in [-0.25, -0.2) is 6.07 Å². The third-order valence-corrected chi connectivity index (χ3v) is 4.30. The Bertz CT molecular complexity index is 987. The molecule has 4 aromatic rings. The van der Waals surface area contributed by atoms with E-state index in [1.165, 1.54) is 21.9 Å². The number of aromatic nitrogens is 2. The summed E-state index contributed by atoms with van der Waals surface area (Å²) in [5.74, 6) is 1.11. The fourth-order valence-electron chi connectivity index (χ4n) is 3.11. The fourth-order valence-corrected chi connectivity index (χ4v) is 3.11. The molecule has 0 aliphatic carbocycles. The summed E-state index contributed by atoms with van der Waals surface area (Å²) in [6, 6.07) is 24.2. The minimum Gasteiger partial charge on any atom is -0.378 e. The van der Waals surface area contributed by atoms with Crippen LogP contribution in [0.4, 0.5) is 0 Å². The minimum atomic E-state index is 0. The van der Waals surface area contributed by atoms with Crippen LogP contribution in [0.2, 0.25) is 0 Å². The number of rotatable bonds is 2. The van der Waals surface area contributed by atoms with Crippen LogP contribution >= 0.6 is 0 Å². The zero-order valence-electron chi connectivity index (χ0n) is 13.8. The van der Waals surface area contributed by atoms with Gasteiger partial charge in [-0.1, -0.05) is 42.1 Å². The van der Waals surface area contributed by atoms with E-state index >= 15 is 0 Å². The van der Waals surface area contributed by atoms with Crippen LogP contribution in [0.3, 0.4) is 0 Å². The Balaban J connectivity index is 0.00000169. The van der Waals surface area contributed by atoms with Gasteiger partial charge in [0.15, 0.2) is 5.82 Å². The Morgan fingerprint density at radius 2 is 1.75 bits per heavy atom. The predicted octanol–water partition coefficient (Wildman–Crippen LogP) is 4.03. The molecule has 0 aliphatic heterocycles. The van der Waals surface area contributed by atoms with Crippen molar-refractivity contribution in [2.24, 2.45) is 7.05 Å². The average Bonchev–Trinajstić information content (AvgIpc) is 2.98. The van der Waals surface area contributed by atoms with E-state index < -0.39 is 0 Å². The number of nitrogens with zero attached hydrogens (tertiary/aromatic N) is 2. The maximum Gasteiger partial charge on any atom is 0.184 e. The van der Waals surface area contributed by atoms with Crippen molar-refractivity contribution >= 4 is 10.8 Å². The van der Waals surface area contributed by atoms with Gasteiger partial charge in [-0.15, -0.1) is 0 Å². The van der Waals surface area contributed by atoms with Crippen molar-refractivity contribution in [3.8, 4) is 17.1 Å². The number of imidazole rings is 1. The molecule has 0 unspecified atom stereocenters. The number of para-hydroxylation sites is 1. The van der Waals surface area contributed by atoms with E-state index in [9.17, 15) is 0 Å². The average molecular weight is 386 g/mol. The van der Waals surface area contributed by atoms with Crippen LogP contribution in [0.15, 0.2) is 66.9 Å². The molecule has 2 nitrogen and oxygen atoms in total. The smallest absolute Gasteiger partial charge is 0.184 e. The molecular formula is C21H17N2Y-. The van der Waals surface area contributed by atoms with Gasteiger partial charge in [0.2, 0.25) is 0 Å². The van der Waals surface area contributed by atoms with Crippen molar-refractivity contribution in [2.75, 3.05) is 0 Å². The van der Waals surface area contributed by atoms with Crippen LogP contribution in [0.25, 0.3) is 27.8 Å². The second kappa shape index (κ2) is 7.00. The van der Waals surface area contributed by atoms with Gasteiger partial charge in [0.05, 0.1) is 19.4 Å². The van der Waals surface area contributed by atoms with E-state index in [0.717, 1.165) is 11.5 Å². The summed E-state index contributed by atoms with van der Waals surface area (Å²) < 4.78 is 4.18. The monoisotopic (exact) mass is 386 g/mol. The second-order valence-electron chi connectivity index (χ2n) is 5.74. The molecule has 1 heterocycles. The van der Waals surface area contributed by atoms with Crippen LogP contribution in [0.1, 0.15) is 5.56 Å². The number of aryl methyl sites for hydroxylation is 2. The van der Waals surface area contributed by atoms with Gasteiger partial charge in [-0.2, -0.15) is 24.3 Å². The summed E-state index contributed by atoms with van der Waals surface area (Å²) in [5, 5.41) is 2.56. The van der Waals surface area contributed by atoms with E-state index in [1.807, 2.05) is 24.4 Å². The maximum atomic E-state index is 3.31. The van der Waals surface area contributed by atoms with Gasteiger partial charge in [-0.05, 0) is 23.3 Å². The van der Waals surface area contributed by atoms with E-state index in [-0.39, 0.29) is 32.7 Å². The zero-order chi connectivity index (χ0) is 15.8. The molecule has 1 radical (unpaired) electrons. The van der Waals surface area contributed by atoms with E-state index in [2.05, 4.69) is 77.8 Å². The molecule has 0 amide bonds. The predicted molar refractivity (Wildman–Crippen MR) is 92.3 cm³/mol. The first-order valence-corrected chi connectivity index (χ1v) is 7.70. The first-order chi connectivity index (χ1) is 11.3. The third kappa shape index (κ3) is 2.85. The standard InChI is InChI=1S/C21H17N2.Y/c1-16-19-11-7-6-8-17(19)12-13-20(16)21-22(2)14-15-23(21)18-9-4-3-5-10-18;/h3-9,11-14H,1-2H3;/q-1;. The van der Waals surface area contributed by atoms with Crippen molar-refractivity contribution in [1.29, 1.82) is 0 Å². The molecule has 115 valence electrons. The van der Waals surface area contributed by atoms with Crippen molar-refractivity contribution in [3.05, 3.63) is 84.7 Å². The van der Waals surface area contributed by atoms with Gasteiger partial charge < -0.3 is 4.57 Å². The van der Waals surface area contributed by atoms with Crippen LogP contribution in [0.5, 0.6) is 0 Å². The molecule has 3 aromatic carbocycles. The fraction of sp³-hybridized carbons (Fsp3) is 0.0952. The van der Waals surface area contributed by atoms with Crippen molar-refractivity contribution in [2.45, 2.75) is 6.92 Å². The summed E-state index contributed by atoms with van der Waals surface area (Å²) in [6.45, 7) is 2.18. The van der Waals surface area contributed by atoms with Crippen LogP contribution < -0.4 is 4.57 Å². The van der Waals surface area contributed by atoms with E-state index in [0.29, 0.717) is 0 Å². The number of benzene rings is 3. The van der Waals surface area contributed by atoms with Gasteiger partial charge in [0, 0.05) is 38.3 Å². The summed E-state index contributed by atoms with van der Waals surface area (Å²) in [6.07, 6.45) is 5.28. The Kier molecular flexibility index (Phi) is 4.98. The molecule has 24 heavy (non-hydrogen) atoms. The van der Waals surface area contributed by atoms with Crippen molar-refractivity contribution < 1.29 is 37.3 Å². The zero-order valence-corrected chi connectivity index (χ0v) is 16.7. The minimum absolute atomic E-state index is 0. The van der Waals surface area contributed by atoms with Crippen molar-refractivity contribution in [3.63, 3.8) is 0 Å². The Labute approximate surface area is 167 Å². The van der Waals surface area contributed by atoms with Gasteiger partial charge >= 0.3 is 0 Å². The van der Waals surface area contributed by atoms with Crippen LogP contribution in [-0.2, 0) is 39.8 Å². The molecule has 0 bridgehead atoms. The van der Waals surface area contributed by atoms with Gasteiger partial charge in [-0.3, -0.25) is 4.57 Å². The third-order valence-electron chi connectivity index (χ3n) is 4.30. The molecule has 0 aliphatic rings. The topological polar surface area (TPSA) is 8.81 Å². The molecule has 0 saturated carbocycles. The van der Waals surface area contributed by atoms with Crippen molar-refractivity contribution in [1.82, 2.24) is 4.57 Å². The number of fused-ring (bicyclic) bond motifs is 1. The number of hydrogen-bond donors (Lipinski definition) is 0. The maximum absolute atomic E-state index is 3.31. The largest absolute Gasteiger partial charge is 0.378 e. The van der Waals surface area contributed by atoms with Gasteiger partial charge in [0.1, 0.15) is 0 Å². The SMILES string of the molecule is Cc1c(-c2n(C)c[c-][n+]2-c2[c-]cccc2)ccc2ccccc12.[Y].